The van der Waals surface area contributed by atoms with Crippen LogP contribution in [0.4, 0.5) is 5.00 Å². The molecule has 3 aromatic heterocycles. The molecule has 8 heteroatoms. The molecule has 0 atom stereocenters. The van der Waals surface area contributed by atoms with Crippen LogP contribution in [0, 0.1) is 18.3 Å². The molecular formula is C26H21N3O4S. The third kappa shape index (κ3) is 4.18. The zero-order valence-corrected chi connectivity index (χ0v) is 19.3. The van der Waals surface area contributed by atoms with E-state index in [-0.39, 0.29) is 0 Å². The van der Waals surface area contributed by atoms with Crippen molar-refractivity contribution in [2.24, 2.45) is 0 Å². The van der Waals surface area contributed by atoms with Crippen LogP contribution in [-0.2, 0) is 22.4 Å². The quantitative estimate of drug-likeness (QED) is 0.390. The van der Waals surface area contributed by atoms with Gasteiger partial charge in [-0.15, -0.1) is 11.3 Å². The highest BCUT2D eigenvalue weighted by Gasteiger charge is 2.23. The molecule has 5 rings (SSSR count). The van der Waals surface area contributed by atoms with Gasteiger partial charge in [-0.3, -0.25) is 4.79 Å². The summed E-state index contributed by atoms with van der Waals surface area (Å²) in [7, 11) is 0. The number of nitriles is 1. The predicted molar refractivity (Wildman–Crippen MR) is 129 cm³/mol. The van der Waals surface area contributed by atoms with E-state index in [4.69, 9.17) is 9.15 Å². The number of aryl methyl sites for hydroxylation is 2. The first-order chi connectivity index (χ1) is 16.5. The Morgan fingerprint density at radius 3 is 2.82 bits per heavy atom. The van der Waals surface area contributed by atoms with E-state index in [2.05, 4.69) is 16.4 Å². The van der Waals surface area contributed by atoms with Crippen LogP contribution < -0.4 is 5.32 Å². The average molecular weight is 472 g/mol. The number of para-hydroxylation sites is 1. The van der Waals surface area contributed by atoms with Gasteiger partial charge in [-0.1, -0.05) is 18.2 Å². The number of ether oxygens (including phenoxy) is 1. The van der Waals surface area contributed by atoms with Gasteiger partial charge in [0.1, 0.15) is 22.5 Å². The molecule has 0 saturated carbocycles. The van der Waals surface area contributed by atoms with E-state index in [1.54, 1.807) is 24.3 Å². The van der Waals surface area contributed by atoms with Crippen LogP contribution in [-0.4, -0.2) is 23.5 Å². The van der Waals surface area contributed by atoms with Crippen LogP contribution in [0.2, 0.25) is 0 Å². The molecule has 1 aliphatic rings. The van der Waals surface area contributed by atoms with Gasteiger partial charge < -0.3 is 14.5 Å². The van der Waals surface area contributed by atoms with Crippen LogP contribution in [0.5, 0.6) is 0 Å². The number of hydrogen-bond acceptors (Lipinski definition) is 7. The Labute approximate surface area is 200 Å². The van der Waals surface area contributed by atoms with Crippen molar-refractivity contribution in [3.05, 3.63) is 69.8 Å². The van der Waals surface area contributed by atoms with E-state index in [1.807, 2.05) is 25.1 Å². The fourth-order valence-electron chi connectivity index (χ4n) is 4.19. The zero-order chi connectivity index (χ0) is 23.7. The minimum atomic E-state index is -0.635. The molecule has 0 fully saturated rings. The normalized spacial score (nSPS) is 12.7. The van der Waals surface area contributed by atoms with Gasteiger partial charge >= 0.3 is 5.97 Å². The molecule has 1 amide bonds. The van der Waals surface area contributed by atoms with Gasteiger partial charge in [0.25, 0.3) is 5.91 Å². The number of carbonyl (C=O) groups is 2. The molecule has 7 nitrogen and oxygen atoms in total. The Morgan fingerprint density at radius 1 is 1.21 bits per heavy atom. The SMILES string of the molecule is Cc1ccc(-c2cc(C(=O)OCC(=O)Nc3sc4c(c3C#N)CCCC4)c3ccccc3n2)o1. The van der Waals surface area contributed by atoms with E-state index >= 15 is 0 Å². The van der Waals surface area contributed by atoms with E-state index in [9.17, 15) is 14.9 Å². The number of anilines is 1. The number of carbonyl (C=O) groups excluding carboxylic acids is 2. The number of benzene rings is 1. The van der Waals surface area contributed by atoms with Crippen molar-refractivity contribution < 1.29 is 18.7 Å². The second kappa shape index (κ2) is 9.12. The van der Waals surface area contributed by atoms with Crippen LogP contribution in [0.15, 0.2) is 46.9 Å². The number of pyridine rings is 1. The van der Waals surface area contributed by atoms with Gasteiger partial charge in [-0.05, 0) is 62.4 Å². The highest BCUT2D eigenvalue weighted by Crippen LogP contribution is 2.37. The Hall–Kier alpha value is -3.96. The lowest BCUT2D eigenvalue weighted by Gasteiger charge is -2.10. The highest BCUT2D eigenvalue weighted by atomic mass is 32.1. The molecule has 1 N–H and O–H groups in total. The minimum absolute atomic E-state index is 0.298. The molecule has 0 spiro atoms. The third-order valence-electron chi connectivity index (χ3n) is 5.80. The summed E-state index contributed by atoms with van der Waals surface area (Å²) >= 11 is 1.44. The fourth-order valence-corrected chi connectivity index (χ4v) is 5.44. The summed E-state index contributed by atoms with van der Waals surface area (Å²) in [6.45, 7) is 1.37. The Kier molecular flexibility index (Phi) is 5.86. The van der Waals surface area contributed by atoms with Crippen molar-refractivity contribution in [1.82, 2.24) is 4.98 Å². The molecule has 0 aliphatic heterocycles. The maximum absolute atomic E-state index is 13.0. The van der Waals surface area contributed by atoms with E-state index < -0.39 is 18.5 Å². The van der Waals surface area contributed by atoms with Gasteiger partial charge in [0, 0.05) is 10.3 Å². The second-order valence-electron chi connectivity index (χ2n) is 8.13. The zero-order valence-electron chi connectivity index (χ0n) is 18.5. The van der Waals surface area contributed by atoms with Crippen LogP contribution in [0.25, 0.3) is 22.4 Å². The van der Waals surface area contributed by atoms with Crippen molar-refractivity contribution >= 4 is 39.1 Å². The van der Waals surface area contributed by atoms with Gasteiger partial charge in [0.2, 0.25) is 0 Å². The molecule has 170 valence electrons. The molecule has 1 aromatic carbocycles. The molecule has 0 saturated heterocycles. The lowest BCUT2D eigenvalue weighted by Crippen LogP contribution is -2.21. The Bertz CT molecular complexity index is 1460. The molecule has 1 aliphatic carbocycles. The number of furan rings is 1. The van der Waals surface area contributed by atoms with Crippen molar-refractivity contribution in [1.29, 1.82) is 5.26 Å². The van der Waals surface area contributed by atoms with Gasteiger partial charge in [-0.2, -0.15) is 5.26 Å². The molecule has 3 heterocycles. The van der Waals surface area contributed by atoms with Crippen LogP contribution >= 0.6 is 11.3 Å². The fraction of sp³-hybridized carbons (Fsp3) is 0.231. The lowest BCUT2D eigenvalue weighted by atomic mass is 9.96. The first-order valence-electron chi connectivity index (χ1n) is 11.0. The summed E-state index contributed by atoms with van der Waals surface area (Å²) in [6, 6.07) is 14.7. The molecule has 0 bridgehead atoms. The van der Waals surface area contributed by atoms with Crippen LogP contribution in [0.1, 0.15) is 45.0 Å². The minimum Gasteiger partial charge on any atom is -0.460 e. The summed E-state index contributed by atoms with van der Waals surface area (Å²) in [5.41, 5.74) is 2.99. The summed E-state index contributed by atoms with van der Waals surface area (Å²) in [5.74, 6) is 0.159. The second-order valence-corrected chi connectivity index (χ2v) is 9.24. The number of aromatic nitrogens is 1. The van der Waals surface area contributed by atoms with Crippen molar-refractivity contribution in [3.63, 3.8) is 0 Å². The standard InChI is InChI=1S/C26H21N3O4S/c1-15-10-11-22(33-15)21-12-18(16-6-2-4-8-20(16)28-21)26(31)32-14-24(30)29-25-19(13-27)17-7-3-5-9-23(17)34-25/h2,4,6,8,10-12H,3,5,7,9,14H2,1H3,(H,29,30). The summed E-state index contributed by atoms with van der Waals surface area (Å²) in [5, 5.41) is 13.5. The number of amides is 1. The Morgan fingerprint density at radius 2 is 2.03 bits per heavy atom. The number of hydrogen-bond donors (Lipinski definition) is 1. The van der Waals surface area contributed by atoms with Gasteiger partial charge in [0.15, 0.2) is 12.4 Å². The topological polar surface area (TPSA) is 105 Å². The molecule has 4 aromatic rings. The van der Waals surface area contributed by atoms with E-state index in [0.29, 0.717) is 38.5 Å². The first-order valence-corrected chi connectivity index (χ1v) is 11.8. The van der Waals surface area contributed by atoms with E-state index in [1.165, 1.54) is 11.3 Å². The monoisotopic (exact) mass is 471 g/mol. The number of rotatable bonds is 5. The molecular weight excluding hydrogens is 450 g/mol. The summed E-state index contributed by atoms with van der Waals surface area (Å²) in [4.78, 5) is 31.3. The number of fused-ring (bicyclic) bond motifs is 2. The number of nitrogens with zero attached hydrogens (tertiary/aromatic N) is 2. The van der Waals surface area contributed by atoms with Gasteiger partial charge in [-0.25, -0.2) is 9.78 Å². The summed E-state index contributed by atoms with van der Waals surface area (Å²) < 4.78 is 11.0. The maximum atomic E-state index is 13.0. The lowest BCUT2D eigenvalue weighted by molar-refractivity contribution is -0.119. The van der Waals surface area contributed by atoms with Crippen molar-refractivity contribution in [2.75, 3.05) is 11.9 Å². The average Bonchev–Trinajstić information content (AvgIpc) is 3.44. The maximum Gasteiger partial charge on any atom is 0.339 e. The van der Waals surface area contributed by atoms with Crippen LogP contribution in [0.3, 0.4) is 0 Å². The first kappa shape index (κ1) is 21.9. The number of esters is 1. The predicted octanol–water partition coefficient (Wildman–Crippen LogP) is 5.41. The number of nitrogens with one attached hydrogen (secondary N) is 1. The smallest absolute Gasteiger partial charge is 0.339 e. The molecule has 0 unspecified atom stereocenters. The largest absolute Gasteiger partial charge is 0.460 e. The van der Waals surface area contributed by atoms with Crippen molar-refractivity contribution in [2.45, 2.75) is 32.6 Å². The molecule has 34 heavy (non-hydrogen) atoms. The number of thiophene rings is 1. The third-order valence-corrected chi connectivity index (χ3v) is 7.01. The Balaban J connectivity index is 1.35. The van der Waals surface area contributed by atoms with Gasteiger partial charge in [0.05, 0.1) is 16.6 Å². The molecule has 0 radical (unpaired) electrons. The van der Waals surface area contributed by atoms with E-state index in [0.717, 1.165) is 41.9 Å². The summed E-state index contributed by atoms with van der Waals surface area (Å²) in [6.07, 6.45) is 3.91. The highest BCUT2D eigenvalue weighted by molar-refractivity contribution is 7.16. The van der Waals surface area contributed by atoms with Crippen molar-refractivity contribution in [3.8, 4) is 17.5 Å².